The molecule has 6 aromatic heterocycles. The van der Waals surface area contributed by atoms with E-state index in [4.69, 9.17) is 9.72 Å². The standard InChI is InChI=1S/C33H35F3N4O.C31H30N6OSi.C30H23F4N3O2/c1-23-5-9-27(20-26(23)10-6-24-8-12-31(38-21-24)30-4-3-13-37-30)32(41)19-25-7-11-28(29(18-25)33(34,35)36)22-40-16-14-39(2)15-17-40;1-21-10-12-24(14-23(21)11-13-25-17-32-28-8-6-7-9-29(28)34-25)36-31(38)30-16-27(39(3,4)5)15-26(35-30)19-37-18-22(2)33-20-37;31-27-8-7-22(16-21(27)5-6-24-18-35-17-23-2-1-9-36-29(23)24)28(38)15-20-3-4-25(26(14-20)30(32,33)34)19-37-10-12-39-13-11-37/h5,7-9,11-12,18,20-21,30,37H,3-4,13-17,19,22H2,1-2H3;6-10,12,14-18,20H,19H2,1-5H3,(H,36,38);1-4,7-9,14,16-18H,10-13,15,19H2. The van der Waals surface area contributed by atoms with E-state index >= 15 is 0 Å². The zero-order valence-electron chi connectivity index (χ0n) is 67.1. The van der Waals surface area contributed by atoms with Gasteiger partial charge in [0, 0.05) is 141 Å². The van der Waals surface area contributed by atoms with Gasteiger partial charge in [0.1, 0.15) is 17.2 Å². The van der Waals surface area contributed by atoms with Crippen LogP contribution in [0.5, 0.6) is 0 Å². The third-order valence-corrected chi connectivity index (χ3v) is 22.8. The van der Waals surface area contributed by atoms with Gasteiger partial charge in [-0.05, 0) is 184 Å². The molecule has 0 radical (unpaired) electrons. The molecule has 3 aliphatic heterocycles. The zero-order chi connectivity index (χ0) is 84.0. The Kier molecular flexibility index (Phi) is 27.0. The number of anilines is 1. The first kappa shape index (κ1) is 84.7. The van der Waals surface area contributed by atoms with Crippen molar-refractivity contribution in [2.75, 3.05) is 71.4 Å². The van der Waals surface area contributed by atoms with Gasteiger partial charge >= 0.3 is 12.4 Å². The number of alkyl halides is 6. The highest BCUT2D eigenvalue weighted by molar-refractivity contribution is 6.88. The van der Waals surface area contributed by atoms with Crippen molar-refractivity contribution in [3.63, 3.8) is 0 Å². The second kappa shape index (κ2) is 38.0. The molecule has 606 valence electrons. The maximum Gasteiger partial charge on any atom is 0.416 e. The molecule has 15 rings (SSSR count). The van der Waals surface area contributed by atoms with Crippen molar-refractivity contribution in [1.29, 1.82) is 0 Å². The van der Waals surface area contributed by atoms with Gasteiger partial charge in [-0.15, -0.1) is 0 Å². The van der Waals surface area contributed by atoms with Gasteiger partial charge in [-0.3, -0.25) is 44.1 Å². The summed E-state index contributed by atoms with van der Waals surface area (Å²) in [7, 11) is 0.316. The lowest BCUT2D eigenvalue weighted by Crippen LogP contribution is -2.44. The number of aromatic nitrogens is 8. The van der Waals surface area contributed by atoms with Crippen molar-refractivity contribution >= 4 is 58.4 Å². The van der Waals surface area contributed by atoms with Gasteiger partial charge in [-0.1, -0.05) is 109 Å². The Morgan fingerprint density at radius 3 is 1.87 bits per heavy atom. The van der Waals surface area contributed by atoms with E-state index in [1.165, 1.54) is 41.7 Å². The Morgan fingerprint density at radius 2 is 1.23 bits per heavy atom. The van der Waals surface area contributed by atoms with Crippen LogP contribution in [0.4, 0.5) is 36.4 Å². The molecule has 1 atom stereocenters. The third-order valence-electron chi connectivity index (χ3n) is 20.8. The van der Waals surface area contributed by atoms with E-state index in [-0.39, 0.29) is 65.4 Å². The molecule has 25 heteroatoms. The van der Waals surface area contributed by atoms with Crippen LogP contribution in [0, 0.1) is 62.1 Å². The maximum atomic E-state index is 14.5. The molecule has 3 fully saturated rings. The van der Waals surface area contributed by atoms with Crippen molar-refractivity contribution in [3.8, 4) is 35.5 Å². The molecule has 119 heavy (non-hydrogen) atoms. The number of carbonyl (C=O) groups excluding carboxylic acids is 3. The summed E-state index contributed by atoms with van der Waals surface area (Å²) >= 11 is 0. The van der Waals surface area contributed by atoms with Gasteiger partial charge in [-0.2, -0.15) is 26.3 Å². The predicted octanol–water partition coefficient (Wildman–Crippen LogP) is 15.9. The lowest BCUT2D eigenvalue weighted by Gasteiger charge is -2.33. The molecule has 9 heterocycles. The largest absolute Gasteiger partial charge is 0.416 e. The summed E-state index contributed by atoms with van der Waals surface area (Å²) in [6.45, 7) is 19.8. The normalized spacial score (nSPS) is 14.6. The number of aryl methyl sites for hydroxylation is 3. The van der Waals surface area contributed by atoms with Crippen molar-refractivity contribution < 1.29 is 49.9 Å². The van der Waals surface area contributed by atoms with Gasteiger partial charge in [0.05, 0.1) is 96.2 Å². The van der Waals surface area contributed by atoms with Crippen LogP contribution in [0.25, 0.3) is 21.9 Å². The lowest BCUT2D eigenvalue weighted by molar-refractivity contribution is -0.139. The number of nitrogens with one attached hydrogen (secondary N) is 2. The SMILES string of the molecule is Cc1ccc(C(=O)Cc2ccc(CN3CCN(C)CC3)c(C(F)(F)F)c2)cc1C#Cc1ccc(C2CCCN2)nc1.Cc1cn(Cc2cc([Si](C)(C)C)cc(C(=O)Nc3ccc(C)c(C#Cc4cnc5ccccc5n4)c3)n2)cn1.O=C(Cc1ccc(CN2CCOCC2)c(C(F)(F)F)c1)c1ccc(F)c(C#Cc2cncc3cccnc23)c1. The van der Waals surface area contributed by atoms with Crippen molar-refractivity contribution in [3.05, 3.63) is 313 Å². The number of imidazole rings is 1. The molecule has 0 saturated carbocycles. The number of carbonyl (C=O) groups is 3. The minimum absolute atomic E-state index is 0.00868. The number of hydrogen-bond acceptors (Lipinski definition) is 15. The summed E-state index contributed by atoms with van der Waals surface area (Å²) in [4.78, 5) is 76.6. The highest BCUT2D eigenvalue weighted by Gasteiger charge is 2.36. The van der Waals surface area contributed by atoms with Crippen LogP contribution in [-0.2, 0) is 49.6 Å². The Bertz CT molecular complexity index is 5930. The molecule has 1 unspecified atom stereocenters. The monoisotopic (exact) mass is 1620 g/mol. The number of morpholine rings is 1. The fraction of sp³-hybridized carbons (Fsp3) is 0.277. The van der Waals surface area contributed by atoms with Crippen LogP contribution >= 0.6 is 0 Å². The van der Waals surface area contributed by atoms with Crippen molar-refractivity contribution in [1.82, 2.24) is 59.5 Å². The number of piperazine rings is 1. The molecule has 0 bridgehead atoms. The van der Waals surface area contributed by atoms with Crippen LogP contribution in [-0.4, -0.2) is 146 Å². The molecular weight excluding hydrogens is 1540 g/mol. The summed E-state index contributed by atoms with van der Waals surface area (Å²) in [5, 5.41) is 8.42. The number of para-hydroxylation sites is 2. The number of hydrogen-bond donors (Lipinski definition) is 2. The molecule has 3 saturated heterocycles. The van der Waals surface area contributed by atoms with E-state index in [2.05, 4.69) is 107 Å². The zero-order valence-corrected chi connectivity index (χ0v) is 68.1. The van der Waals surface area contributed by atoms with Gasteiger partial charge in [0.15, 0.2) is 11.6 Å². The van der Waals surface area contributed by atoms with Crippen molar-refractivity contribution in [2.45, 2.75) is 104 Å². The number of rotatable bonds is 16. The van der Waals surface area contributed by atoms with Gasteiger partial charge < -0.3 is 24.8 Å². The number of nitrogens with zero attached hydrogens (tertiary/aromatic N) is 11. The van der Waals surface area contributed by atoms with E-state index in [0.29, 0.717) is 83.7 Å². The van der Waals surface area contributed by atoms with Crippen LogP contribution in [0.15, 0.2) is 195 Å². The van der Waals surface area contributed by atoms with Crippen LogP contribution < -0.4 is 15.8 Å². The Hall–Kier alpha value is -12.3. The molecule has 17 nitrogen and oxygen atoms in total. The Morgan fingerprint density at radius 1 is 0.588 bits per heavy atom. The van der Waals surface area contributed by atoms with E-state index < -0.39 is 43.2 Å². The second-order valence-corrected chi connectivity index (χ2v) is 36.0. The molecule has 3 aliphatic rings. The van der Waals surface area contributed by atoms with Gasteiger partial charge in [-0.25, -0.2) is 19.3 Å². The number of ether oxygens (including phenoxy) is 1. The predicted molar refractivity (Wildman–Crippen MR) is 449 cm³/mol. The molecule has 0 spiro atoms. The lowest BCUT2D eigenvalue weighted by atomic mass is 9.96. The number of pyridine rings is 4. The smallest absolute Gasteiger partial charge is 0.379 e. The first-order valence-electron chi connectivity index (χ1n) is 39.2. The summed E-state index contributed by atoms with van der Waals surface area (Å²) in [6.07, 6.45) is 4.77. The molecule has 0 aliphatic carbocycles. The summed E-state index contributed by atoms with van der Waals surface area (Å²) < 4.78 is 105. The van der Waals surface area contributed by atoms with Crippen molar-refractivity contribution in [2.24, 2.45) is 0 Å². The van der Waals surface area contributed by atoms with Crippen LogP contribution in [0.2, 0.25) is 19.6 Å². The minimum atomic E-state index is -4.56. The fourth-order valence-electron chi connectivity index (χ4n) is 13.9. The minimum Gasteiger partial charge on any atom is -0.379 e. The number of halogens is 7. The number of ketones is 2. The quantitative estimate of drug-likeness (QED) is 0.0402. The highest BCUT2D eigenvalue weighted by atomic mass is 28.3. The van der Waals surface area contributed by atoms with Gasteiger partial charge in [0.25, 0.3) is 5.91 Å². The van der Waals surface area contributed by atoms with Crippen LogP contribution in [0.1, 0.15) is 145 Å². The number of fused-ring (bicyclic) bond motifs is 2. The number of Topliss-reactive ketones (excluding diaryl/α,β-unsaturated/α-hetero) is 2. The molecular formula is C94H88F7N13O4Si. The summed E-state index contributed by atoms with van der Waals surface area (Å²) in [6, 6.07) is 42.6. The van der Waals surface area contributed by atoms with E-state index in [1.807, 2.05) is 121 Å². The summed E-state index contributed by atoms with van der Waals surface area (Å²) in [5.41, 5.74) is 11.5. The molecule has 12 aromatic rings. The maximum absolute atomic E-state index is 14.5. The van der Waals surface area contributed by atoms with E-state index in [0.717, 1.165) is 120 Å². The molecule has 6 aromatic carbocycles. The topological polar surface area (TPSA) is 189 Å². The average molecular weight is 1620 g/mol. The molecule has 2 N–H and O–H groups in total. The fourth-order valence-corrected chi connectivity index (χ4v) is 15.1. The second-order valence-electron chi connectivity index (χ2n) is 30.9. The third kappa shape index (κ3) is 22.9. The number of likely N-dealkylation sites (N-methyl/N-ethyl adjacent to an activating group) is 1. The number of amides is 1. The number of benzene rings is 6. The Labute approximate surface area is 688 Å². The van der Waals surface area contributed by atoms with Gasteiger partial charge in [0.2, 0.25) is 0 Å². The van der Waals surface area contributed by atoms with Crippen LogP contribution in [0.3, 0.4) is 0 Å². The average Bonchev–Trinajstić information content (AvgIpc) is 1.28. The Balaban J connectivity index is 0.000000155. The highest BCUT2D eigenvalue weighted by Crippen LogP contribution is 2.36. The van der Waals surface area contributed by atoms with E-state index in [1.54, 1.807) is 55.4 Å². The van der Waals surface area contributed by atoms with E-state index in [9.17, 15) is 45.1 Å². The summed E-state index contributed by atoms with van der Waals surface area (Å²) in [5.74, 6) is 16.6. The first-order valence-corrected chi connectivity index (χ1v) is 42.7. The molecule has 1 amide bonds. The first-order chi connectivity index (χ1) is 57.1.